The summed E-state index contributed by atoms with van der Waals surface area (Å²) in [6.07, 6.45) is 1.10. The lowest BCUT2D eigenvalue weighted by atomic mass is 10.3. The Labute approximate surface area is 244 Å². The molecule has 0 amide bonds. The van der Waals surface area contributed by atoms with Gasteiger partial charge in [-0.3, -0.25) is 10.9 Å². The van der Waals surface area contributed by atoms with Crippen LogP contribution in [-0.4, -0.2) is 39.6 Å². The molecule has 16 heteroatoms. The van der Waals surface area contributed by atoms with E-state index in [1.54, 1.807) is 33.3 Å². The fraction of sp³-hybridized carbons (Fsp3) is 0.167. The van der Waals surface area contributed by atoms with E-state index in [1.807, 2.05) is 38.1 Å². The number of nitrogens with zero attached hydrogens (tertiary/aromatic N) is 10. The zero-order valence-corrected chi connectivity index (χ0v) is 24.2. The van der Waals surface area contributed by atoms with Crippen molar-refractivity contribution in [2.24, 2.45) is 10.2 Å². The van der Waals surface area contributed by atoms with Crippen molar-refractivity contribution in [1.29, 1.82) is 0 Å². The SMILES string of the molecule is Cc1nn2c(CCc3nnc4s/c(=N\Nc5cccc(Cl)c5)c(C)nn34)nnc2s/c1=N\Nc1cccc(Cl)c1. The van der Waals surface area contributed by atoms with E-state index in [9.17, 15) is 0 Å². The van der Waals surface area contributed by atoms with Crippen molar-refractivity contribution in [1.82, 2.24) is 39.6 Å². The van der Waals surface area contributed by atoms with Crippen molar-refractivity contribution in [2.45, 2.75) is 26.7 Å². The van der Waals surface area contributed by atoms with Gasteiger partial charge in [0.05, 0.1) is 22.8 Å². The first-order valence-electron chi connectivity index (χ1n) is 12.0. The molecule has 0 fully saturated rings. The molecule has 0 atom stereocenters. The van der Waals surface area contributed by atoms with Gasteiger partial charge in [0.25, 0.3) is 0 Å². The van der Waals surface area contributed by atoms with Gasteiger partial charge < -0.3 is 0 Å². The molecule has 0 aliphatic carbocycles. The molecule has 0 radical (unpaired) electrons. The van der Waals surface area contributed by atoms with E-state index in [2.05, 4.69) is 51.6 Å². The second-order valence-corrected chi connectivity index (χ2v) is 11.4. The number of aryl methyl sites for hydroxylation is 4. The Morgan fingerprint density at radius 2 is 1.15 bits per heavy atom. The van der Waals surface area contributed by atoms with Gasteiger partial charge in [-0.1, -0.05) is 58.0 Å². The highest BCUT2D eigenvalue weighted by Gasteiger charge is 2.14. The molecule has 2 N–H and O–H groups in total. The maximum atomic E-state index is 6.05. The largest absolute Gasteiger partial charge is 0.277 e. The Bertz CT molecular complexity index is 1850. The second-order valence-electron chi connectivity index (χ2n) is 8.57. The van der Waals surface area contributed by atoms with Gasteiger partial charge in [-0.15, -0.1) is 20.4 Å². The van der Waals surface area contributed by atoms with Crippen LogP contribution < -0.4 is 20.2 Å². The van der Waals surface area contributed by atoms with Crippen LogP contribution in [0.4, 0.5) is 11.4 Å². The Balaban J connectivity index is 1.20. The molecule has 6 rings (SSSR count). The Hall–Kier alpha value is -3.98. The van der Waals surface area contributed by atoms with E-state index in [0.29, 0.717) is 53.8 Å². The van der Waals surface area contributed by atoms with Crippen LogP contribution >= 0.6 is 45.9 Å². The van der Waals surface area contributed by atoms with Crippen molar-refractivity contribution >= 4 is 67.2 Å². The number of nitrogens with one attached hydrogen (secondary N) is 2. The minimum absolute atomic E-state index is 0.548. The van der Waals surface area contributed by atoms with Crippen molar-refractivity contribution in [3.05, 3.63) is 91.0 Å². The first kappa shape index (κ1) is 26.3. The highest BCUT2D eigenvalue weighted by molar-refractivity contribution is 7.14. The van der Waals surface area contributed by atoms with E-state index in [1.165, 1.54) is 22.7 Å². The lowest BCUT2D eigenvalue weighted by Crippen LogP contribution is -2.14. The van der Waals surface area contributed by atoms with Crippen molar-refractivity contribution in [3.63, 3.8) is 0 Å². The maximum absolute atomic E-state index is 6.05. The Kier molecular flexibility index (Phi) is 7.38. The van der Waals surface area contributed by atoms with Crippen LogP contribution in [0.2, 0.25) is 10.0 Å². The number of benzene rings is 2. The lowest BCUT2D eigenvalue weighted by molar-refractivity contribution is 0.723. The molecule has 2 aromatic carbocycles. The number of fused-ring (bicyclic) bond motifs is 2. The minimum atomic E-state index is 0.548. The highest BCUT2D eigenvalue weighted by Crippen LogP contribution is 2.16. The van der Waals surface area contributed by atoms with Crippen molar-refractivity contribution < 1.29 is 0 Å². The molecule has 0 unspecified atom stereocenters. The molecule has 0 spiro atoms. The molecular formula is C24H20Cl2N12S2. The molecule has 4 heterocycles. The molecule has 0 saturated heterocycles. The smallest absolute Gasteiger partial charge is 0.234 e. The number of rotatable bonds is 7. The summed E-state index contributed by atoms with van der Waals surface area (Å²) in [5.74, 6) is 1.41. The van der Waals surface area contributed by atoms with E-state index < -0.39 is 0 Å². The third-order valence-corrected chi connectivity index (χ3v) is 8.15. The molecule has 6 aromatic rings. The molecule has 0 bridgehead atoms. The lowest BCUT2D eigenvalue weighted by Gasteiger charge is -2.03. The highest BCUT2D eigenvalue weighted by atomic mass is 35.5. The van der Waals surface area contributed by atoms with Gasteiger partial charge in [0.15, 0.2) is 21.0 Å². The first-order valence-corrected chi connectivity index (χ1v) is 14.4. The number of halogens is 2. The van der Waals surface area contributed by atoms with Gasteiger partial charge in [-0.25, -0.2) is 0 Å². The summed E-state index contributed by atoms with van der Waals surface area (Å²) in [7, 11) is 0. The number of anilines is 2. The number of aromatic nitrogens is 8. The van der Waals surface area contributed by atoms with E-state index in [0.717, 1.165) is 22.8 Å². The summed E-state index contributed by atoms with van der Waals surface area (Å²) in [5.41, 5.74) is 9.07. The normalized spacial score (nSPS) is 12.5. The standard InChI is InChI=1S/C24H20Cl2N12S2/c1-13-21(31-27-17-7-3-5-15(25)11-17)39-23-33-29-19(37(23)35-13)9-10-20-30-34-24-38(20)36-14(2)22(40-24)32-28-18-8-4-6-16(26)12-18/h3-8,11-12,27-28H,9-10H2,1-2H3/b31-21-,32-22-. The van der Waals surface area contributed by atoms with Crippen LogP contribution in [0.15, 0.2) is 58.7 Å². The zero-order chi connectivity index (χ0) is 27.6. The van der Waals surface area contributed by atoms with Gasteiger partial charge in [0, 0.05) is 22.9 Å². The predicted molar refractivity (Wildman–Crippen MR) is 155 cm³/mol. The molecule has 12 nitrogen and oxygen atoms in total. The van der Waals surface area contributed by atoms with Crippen LogP contribution in [0.5, 0.6) is 0 Å². The topological polar surface area (TPSA) is 135 Å². The van der Waals surface area contributed by atoms with E-state index in [-0.39, 0.29) is 0 Å². The number of hydrogen-bond donors (Lipinski definition) is 2. The molecule has 40 heavy (non-hydrogen) atoms. The summed E-state index contributed by atoms with van der Waals surface area (Å²) >= 11 is 14.9. The quantitative estimate of drug-likeness (QED) is 0.256. The molecule has 202 valence electrons. The zero-order valence-electron chi connectivity index (χ0n) is 21.1. The van der Waals surface area contributed by atoms with Crippen molar-refractivity contribution in [3.8, 4) is 0 Å². The monoisotopic (exact) mass is 610 g/mol. The summed E-state index contributed by atoms with van der Waals surface area (Å²) in [4.78, 5) is 1.26. The molecule has 0 aliphatic rings. The van der Waals surface area contributed by atoms with Crippen molar-refractivity contribution in [2.75, 3.05) is 10.9 Å². The van der Waals surface area contributed by atoms with Gasteiger partial charge >= 0.3 is 0 Å². The maximum Gasteiger partial charge on any atom is 0.234 e. The number of hydrogen-bond acceptors (Lipinski definition) is 12. The molecular weight excluding hydrogens is 591 g/mol. The fourth-order valence-corrected chi connectivity index (χ4v) is 5.63. The molecule has 4 aromatic heterocycles. The molecule has 0 aliphatic heterocycles. The van der Waals surface area contributed by atoms with Gasteiger partial charge in [0.1, 0.15) is 0 Å². The second kappa shape index (κ2) is 11.3. The van der Waals surface area contributed by atoms with E-state index in [4.69, 9.17) is 23.2 Å². The summed E-state index contributed by atoms with van der Waals surface area (Å²) in [5, 5.41) is 36.8. The first-order chi connectivity index (χ1) is 19.4. The average molecular weight is 612 g/mol. The Morgan fingerprint density at radius 1 is 0.700 bits per heavy atom. The minimum Gasteiger partial charge on any atom is -0.277 e. The van der Waals surface area contributed by atoms with E-state index >= 15 is 0 Å². The average Bonchev–Trinajstić information content (AvgIpc) is 3.52. The summed E-state index contributed by atoms with van der Waals surface area (Å²) in [6.45, 7) is 3.78. The van der Waals surface area contributed by atoms with Crippen LogP contribution in [-0.2, 0) is 12.8 Å². The van der Waals surface area contributed by atoms with Crippen LogP contribution in [0.25, 0.3) is 9.92 Å². The van der Waals surface area contributed by atoms with Gasteiger partial charge in [-0.05, 0) is 50.2 Å². The fourth-order valence-electron chi connectivity index (χ4n) is 3.72. The third-order valence-electron chi connectivity index (χ3n) is 5.64. The summed E-state index contributed by atoms with van der Waals surface area (Å²) in [6, 6.07) is 14.7. The predicted octanol–water partition coefficient (Wildman–Crippen LogP) is 4.25. The van der Waals surface area contributed by atoms with Crippen LogP contribution in [0.3, 0.4) is 0 Å². The molecule has 0 saturated carbocycles. The third kappa shape index (κ3) is 5.65. The van der Waals surface area contributed by atoms with Crippen LogP contribution in [0, 0.1) is 13.8 Å². The van der Waals surface area contributed by atoms with Gasteiger partial charge in [-0.2, -0.15) is 29.4 Å². The summed E-state index contributed by atoms with van der Waals surface area (Å²) < 4.78 is 4.87. The Morgan fingerprint density at radius 3 is 1.57 bits per heavy atom. The van der Waals surface area contributed by atoms with Gasteiger partial charge in [0.2, 0.25) is 9.92 Å². The van der Waals surface area contributed by atoms with Crippen LogP contribution in [0.1, 0.15) is 23.0 Å².